The van der Waals surface area contributed by atoms with Gasteiger partial charge >= 0.3 is 5.97 Å². The van der Waals surface area contributed by atoms with Gasteiger partial charge in [0, 0.05) is 16.3 Å². The fraction of sp³-hybridized carbons (Fsp3) is 0.240. The number of methoxy groups -OCH3 is 1. The third kappa shape index (κ3) is 3.49. The largest absolute Gasteiger partial charge is 0.468 e. The van der Waals surface area contributed by atoms with Crippen LogP contribution in [0.5, 0.6) is 0 Å². The Morgan fingerprint density at radius 2 is 1.91 bits per heavy atom. The van der Waals surface area contributed by atoms with Crippen molar-refractivity contribution >= 4 is 45.7 Å². The Morgan fingerprint density at radius 3 is 2.67 bits per heavy atom. The maximum atomic E-state index is 13.7. The van der Waals surface area contributed by atoms with Gasteiger partial charge in [-0.05, 0) is 42.7 Å². The second kappa shape index (κ2) is 8.08. The number of carbonyl (C=O) groups is 2. The Kier molecular flexibility index (Phi) is 5.21. The Balaban J connectivity index is 1.74. The van der Waals surface area contributed by atoms with E-state index in [0.29, 0.717) is 33.7 Å². The molecule has 0 fully saturated rings. The van der Waals surface area contributed by atoms with Crippen LogP contribution in [0.1, 0.15) is 24.9 Å². The van der Waals surface area contributed by atoms with Crippen molar-refractivity contribution in [1.29, 1.82) is 0 Å². The number of para-hydroxylation sites is 2. The molecule has 0 spiro atoms. The topological polar surface area (TPSA) is 97.6 Å². The first-order valence-electron chi connectivity index (χ1n) is 10.6. The summed E-state index contributed by atoms with van der Waals surface area (Å²) in [4.78, 5) is 39.7. The summed E-state index contributed by atoms with van der Waals surface area (Å²) >= 11 is 6.12. The molecule has 0 unspecified atom stereocenters. The lowest BCUT2D eigenvalue weighted by Crippen LogP contribution is -2.40. The second-order valence-electron chi connectivity index (χ2n) is 8.35. The summed E-state index contributed by atoms with van der Waals surface area (Å²) in [7, 11) is 1.27. The zero-order valence-corrected chi connectivity index (χ0v) is 18.7. The van der Waals surface area contributed by atoms with Gasteiger partial charge in [-0.25, -0.2) is 0 Å². The number of allylic oxidation sites excluding steroid dienone is 1. The van der Waals surface area contributed by atoms with Crippen molar-refractivity contribution in [3.05, 3.63) is 80.8 Å². The number of hydrogen-bond acceptors (Lipinski definition) is 7. The zero-order chi connectivity index (χ0) is 23.3. The number of anilines is 2. The van der Waals surface area contributed by atoms with E-state index < -0.39 is 17.9 Å². The van der Waals surface area contributed by atoms with Crippen LogP contribution in [0.4, 0.5) is 11.4 Å². The Hall–Kier alpha value is -3.58. The van der Waals surface area contributed by atoms with Gasteiger partial charge in [0.15, 0.2) is 11.2 Å². The number of carbonyl (C=O) groups excluding carboxylic acids is 2. The molecule has 2 N–H and O–H groups in total. The number of ketones is 1. The van der Waals surface area contributed by atoms with E-state index in [2.05, 4.69) is 10.6 Å². The molecule has 0 saturated heterocycles. The normalized spacial score (nSPS) is 22.0. The number of Topliss-reactive ketones (excluding diaryl/α,β-unsaturated/α-hetero) is 1. The van der Waals surface area contributed by atoms with Gasteiger partial charge < -0.3 is 19.8 Å². The number of halogens is 1. The molecular weight excluding hydrogens is 444 g/mol. The lowest BCUT2D eigenvalue weighted by molar-refractivity contribution is -0.151. The van der Waals surface area contributed by atoms with Crippen molar-refractivity contribution in [1.82, 2.24) is 0 Å². The third-order valence-electron chi connectivity index (χ3n) is 6.30. The molecule has 2 heterocycles. The summed E-state index contributed by atoms with van der Waals surface area (Å²) in [5.41, 5.74) is 2.83. The molecule has 2 aliphatic rings. The molecule has 1 aliphatic heterocycles. The van der Waals surface area contributed by atoms with Crippen molar-refractivity contribution < 1.29 is 18.7 Å². The summed E-state index contributed by atoms with van der Waals surface area (Å²) < 4.78 is 10.7. The van der Waals surface area contributed by atoms with E-state index in [9.17, 15) is 14.4 Å². The summed E-state index contributed by atoms with van der Waals surface area (Å²) in [6, 6.07) is 11.5. The van der Waals surface area contributed by atoms with Crippen molar-refractivity contribution in [2.75, 3.05) is 17.7 Å². The first-order chi connectivity index (χ1) is 15.9. The average molecular weight is 465 g/mol. The number of fused-ring (bicyclic) bond motifs is 2. The van der Waals surface area contributed by atoms with Crippen molar-refractivity contribution in [3.8, 4) is 0 Å². The van der Waals surface area contributed by atoms with Crippen molar-refractivity contribution in [2.24, 2.45) is 11.8 Å². The predicted molar refractivity (Wildman–Crippen MR) is 125 cm³/mol. The molecule has 5 rings (SSSR count). The van der Waals surface area contributed by atoms with Crippen LogP contribution in [-0.4, -0.2) is 18.9 Å². The monoisotopic (exact) mass is 464 g/mol. The fourth-order valence-corrected chi connectivity index (χ4v) is 4.86. The van der Waals surface area contributed by atoms with Crippen LogP contribution < -0.4 is 16.1 Å². The van der Waals surface area contributed by atoms with E-state index in [4.69, 9.17) is 20.8 Å². The molecular formula is C25H21ClN2O5. The van der Waals surface area contributed by atoms with Crippen LogP contribution in [0.25, 0.3) is 11.0 Å². The summed E-state index contributed by atoms with van der Waals surface area (Å²) in [6.45, 7) is 1.84. The SMILES string of the molecule is COC(=O)[C@@H]1C(=O)C2=C(C[C@@H]1C)Nc1ccccc1N[C@H]2c1coc2ccc(Cl)cc2c1=O. The quantitative estimate of drug-likeness (QED) is 0.420. The van der Waals surface area contributed by atoms with Crippen LogP contribution in [0.15, 0.2) is 69.2 Å². The Bertz CT molecular complexity index is 1390. The molecule has 2 aromatic carbocycles. The van der Waals surface area contributed by atoms with Gasteiger partial charge in [0.2, 0.25) is 0 Å². The highest BCUT2D eigenvalue weighted by Crippen LogP contribution is 2.43. The number of rotatable bonds is 2. The maximum absolute atomic E-state index is 13.7. The van der Waals surface area contributed by atoms with Gasteiger partial charge in [0.25, 0.3) is 0 Å². The molecule has 8 heteroatoms. The van der Waals surface area contributed by atoms with Crippen LogP contribution in [-0.2, 0) is 14.3 Å². The van der Waals surface area contributed by atoms with Crippen LogP contribution in [0.2, 0.25) is 5.02 Å². The zero-order valence-electron chi connectivity index (χ0n) is 18.0. The van der Waals surface area contributed by atoms with E-state index >= 15 is 0 Å². The highest BCUT2D eigenvalue weighted by atomic mass is 35.5. The molecule has 33 heavy (non-hydrogen) atoms. The summed E-state index contributed by atoms with van der Waals surface area (Å²) in [5, 5.41) is 7.41. The third-order valence-corrected chi connectivity index (χ3v) is 6.53. The predicted octanol–water partition coefficient (Wildman–Crippen LogP) is 4.68. The van der Waals surface area contributed by atoms with Crippen molar-refractivity contribution in [2.45, 2.75) is 19.4 Å². The molecule has 0 saturated carbocycles. The Morgan fingerprint density at radius 1 is 1.15 bits per heavy atom. The fourth-order valence-electron chi connectivity index (χ4n) is 4.68. The van der Waals surface area contributed by atoms with E-state index in [-0.39, 0.29) is 22.7 Å². The summed E-state index contributed by atoms with van der Waals surface area (Å²) in [6.07, 6.45) is 1.81. The molecule has 3 atom stereocenters. The highest BCUT2D eigenvalue weighted by Gasteiger charge is 2.45. The van der Waals surface area contributed by atoms with Gasteiger partial charge in [-0.2, -0.15) is 0 Å². The standard InChI is InChI=1S/C25H21ClN2O5/c1-12-9-18-21(24(30)20(12)25(31)32-2)22(28-17-6-4-3-5-16(17)27-18)15-11-33-19-8-7-13(26)10-14(19)23(15)29/h3-8,10-12,20,22,27-28H,9H2,1-2H3/t12-,20-,22-/m0/s1. The first kappa shape index (κ1) is 21.3. The first-order valence-corrected chi connectivity index (χ1v) is 11.0. The van der Waals surface area contributed by atoms with E-state index in [1.54, 1.807) is 18.2 Å². The maximum Gasteiger partial charge on any atom is 0.316 e. The number of hydrogen-bond donors (Lipinski definition) is 2. The number of benzene rings is 2. The molecule has 1 aromatic heterocycles. The number of esters is 1. The molecule has 7 nitrogen and oxygen atoms in total. The Labute approximate surface area is 194 Å². The molecule has 0 amide bonds. The van der Waals surface area contributed by atoms with Gasteiger partial charge in [0.05, 0.1) is 35.5 Å². The highest BCUT2D eigenvalue weighted by molar-refractivity contribution is 6.31. The molecule has 3 aromatic rings. The smallest absolute Gasteiger partial charge is 0.316 e. The second-order valence-corrected chi connectivity index (χ2v) is 8.78. The number of ether oxygens (including phenoxy) is 1. The van der Waals surface area contributed by atoms with Crippen LogP contribution >= 0.6 is 11.6 Å². The van der Waals surface area contributed by atoms with Gasteiger partial charge in [-0.3, -0.25) is 14.4 Å². The van der Waals surface area contributed by atoms with E-state index in [1.807, 2.05) is 31.2 Å². The molecule has 0 radical (unpaired) electrons. The average Bonchev–Trinajstić information content (AvgIpc) is 2.96. The van der Waals surface area contributed by atoms with Crippen LogP contribution in [0, 0.1) is 11.8 Å². The molecule has 1 aliphatic carbocycles. The summed E-state index contributed by atoms with van der Waals surface area (Å²) in [5.74, 6) is -2.19. The number of nitrogens with one attached hydrogen (secondary N) is 2. The minimum atomic E-state index is -0.956. The van der Waals surface area contributed by atoms with Gasteiger partial charge in [0.1, 0.15) is 17.8 Å². The molecule has 0 bridgehead atoms. The minimum Gasteiger partial charge on any atom is -0.468 e. The molecule has 168 valence electrons. The van der Waals surface area contributed by atoms with Gasteiger partial charge in [-0.1, -0.05) is 30.7 Å². The minimum absolute atomic E-state index is 0.252. The lowest BCUT2D eigenvalue weighted by atomic mass is 9.75. The van der Waals surface area contributed by atoms with Gasteiger partial charge in [-0.15, -0.1) is 0 Å². The van der Waals surface area contributed by atoms with Crippen molar-refractivity contribution in [3.63, 3.8) is 0 Å². The van der Waals surface area contributed by atoms with Crippen LogP contribution in [0.3, 0.4) is 0 Å². The van der Waals surface area contributed by atoms with E-state index in [0.717, 1.165) is 11.4 Å². The lowest BCUT2D eigenvalue weighted by Gasteiger charge is -2.32. The van der Waals surface area contributed by atoms with E-state index in [1.165, 1.54) is 13.4 Å².